The number of ether oxygens (including phenoxy) is 1. The van der Waals surface area contributed by atoms with E-state index in [2.05, 4.69) is 25.1 Å². The molecule has 0 bridgehead atoms. The van der Waals surface area contributed by atoms with Gasteiger partial charge in [0.2, 0.25) is 0 Å². The lowest BCUT2D eigenvalue weighted by molar-refractivity contribution is -0.384. The van der Waals surface area contributed by atoms with Crippen molar-refractivity contribution in [2.24, 2.45) is 10.2 Å². The summed E-state index contributed by atoms with van der Waals surface area (Å²) < 4.78 is 6.00. The fourth-order valence-corrected chi connectivity index (χ4v) is 3.12. The maximum absolute atomic E-state index is 10.7. The van der Waals surface area contributed by atoms with E-state index in [1.807, 2.05) is 48.5 Å². The summed E-state index contributed by atoms with van der Waals surface area (Å²) in [5, 5.41) is 19.0. The Hall–Kier alpha value is -4.50. The second kappa shape index (κ2) is 11.4. The van der Waals surface area contributed by atoms with Crippen LogP contribution in [0.5, 0.6) is 5.75 Å². The summed E-state index contributed by atoms with van der Waals surface area (Å²) in [6, 6.07) is 24.8. The lowest BCUT2D eigenvalue weighted by Crippen LogP contribution is -2.28. The second-order valence-electron chi connectivity index (χ2n) is 7.37. The Labute approximate surface area is 196 Å². The molecule has 0 radical (unpaired) electrons. The molecule has 9 heteroatoms. The summed E-state index contributed by atoms with van der Waals surface area (Å²) in [6.07, 6.45) is 3.55. The van der Waals surface area contributed by atoms with Crippen molar-refractivity contribution in [3.8, 4) is 5.75 Å². The van der Waals surface area contributed by atoms with Crippen LogP contribution in [0.25, 0.3) is 0 Å². The highest BCUT2D eigenvalue weighted by molar-refractivity contribution is 5.45. The van der Waals surface area contributed by atoms with Crippen LogP contribution in [0.15, 0.2) is 108 Å². The van der Waals surface area contributed by atoms with Gasteiger partial charge in [-0.3, -0.25) is 25.0 Å². The second-order valence-corrected chi connectivity index (χ2v) is 7.37. The number of nitro benzene ring substituents is 1. The topological polar surface area (TPSA) is 106 Å². The minimum Gasteiger partial charge on any atom is -0.478 e. The summed E-state index contributed by atoms with van der Waals surface area (Å²) in [4.78, 5) is 21.2. The molecule has 0 aliphatic rings. The summed E-state index contributed by atoms with van der Waals surface area (Å²) in [5.41, 5.74) is 3.09. The van der Waals surface area contributed by atoms with Crippen molar-refractivity contribution in [1.29, 1.82) is 0 Å². The summed E-state index contributed by atoms with van der Waals surface area (Å²) in [6.45, 7) is 1.61. The minimum atomic E-state index is -0.451. The van der Waals surface area contributed by atoms with E-state index < -0.39 is 4.92 Å². The molecule has 0 spiro atoms. The number of hydrogen-bond acceptors (Lipinski definition) is 8. The average Bonchev–Trinajstić information content (AvgIpc) is 2.88. The van der Waals surface area contributed by atoms with Crippen LogP contribution in [0, 0.1) is 10.1 Å². The van der Waals surface area contributed by atoms with Crippen LogP contribution in [0.4, 0.5) is 17.1 Å². The molecule has 170 valence electrons. The Kier molecular flexibility index (Phi) is 7.60. The quantitative estimate of drug-likeness (QED) is 0.129. The molecule has 34 heavy (non-hydrogen) atoms. The molecule has 2 aromatic heterocycles. The van der Waals surface area contributed by atoms with E-state index in [4.69, 9.17) is 4.74 Å². The van der Waals surface area contributed by atoms with E-state index in [1.165, 1.54) is 12.1 Å². The molecule has 2 aromatic carbocycles. The Bertz CT molecular complexity index is 1180. The number of hydrogen-bond donors (Lipinski definition) is 0. The van der Waals surface area contributed by atoms with Gasteiger partial charge in [0.15, 0.2) is 0 Å². The van der Waals surface area contributed by atoms with Gasteiger partial charge < -0.3 is 4.74 Å². The molecule has 0 saturated carbocycles. The fraction of sp³-hybridized carbons (Fsp3) is 0.120. The van der Waals surface area contributed by atoms with E-state index in [0.717, 1.165) is 11.4 Å². The van der Waals surface area contributed by atoms with Crippen molar-refractivity contribution in [1.82, 2.24) is 14.9 Å². The van der Waals surface area contributed by atoms with Crippen LogP contribution >= 0.6 is 0 Å². The third-order valence-corrected chi connectivity index (χ3v) is 4.82. The lowest BCUT2D eigenvalue weighted by Gasteiger charge is -2.22. The van der Waals surface area contributed by atoms with Crippen molar-refractivity contribution in [2.75, 3.05) is 6.73 Å². The molecule has 0 aliphatic heterocycles. The monoisotopic (exact) mass is 454 g/mol. The zero-order chi connectivity index (χ0) is 23.6. The van der Waals surface area contributed by atoms with Gasteiger partial charge in [-0.15, -0.1) is 0 Å². The van der Waals surface area contributed by atoms with Crippen LogP contribution in [-0.4, -0.2) is 26.5 Å². The zero-order valence-corrected chi connectivity index (χ0v) is 18.3. The molecule has 0 amide bonds. The first-order valence-electron chi connectivity index (χ1n) is 10.6. The van der Waals surface area contributed by atoms with Crippen LogP contribution in [0.2, 0.25) is 0 Å². The number of azo groups is 1. The number of benzene rings is 2. The van der Waals surface area contributed by atoms with Gasteiger partial charge in [0, 0.05) is 37.6 Å². The van der Waals surface area contributed by atoms with Gasteiger partial charge in [0.1, 0.15) is 12.5 Å². The third-order valence-electron chi connectivity index (χ3n) is 4.82. The Balaban J connectivity index is 1.37. The Morgan fingerprint density at radius 1 is 0.765 bits per heavy atom. The van der Waals surface area contributed by atoms with E-state index in [-0.39, 0.29) is 5.69 Å². The normalized spacial score (nSPS) is 11.1. The predicted molar refractivity (Wildman–Crippen MR) is 127 cm³/mol. The van der Waals surface area contributed by atoms with E-state index in [1.54, 1.807) is 36.7 Å². The zero-order valence-electron chi connectivity index (χ0n) is 18.3. The van der Waals surface area contributed by atoms with Crippen molar-refractivity contribution in [3.63, 3.8) is 0 Å². The van der Waals surface area contributed by atoms with Crippen LogP contribution in [0.1, 0.15) is 11.4 Å². The maximum Gasteiger partial charge on any atom is 0.269 e. The highest BCUT2D eigenvalue weighted by Crippen LogP contribution is 2.23. The molecular weight excluding hydrogens is 432 g/mol. The SMILES string of the molecule is O=[N+]([O-])c1ccc(N=Nc2ccc(OCN(Cc3ccccn3)Cc3ccccn3)cc2)cc1. The molecule has 0 atom stereocenters. The van der Waals surface area contributed by atoms with Crippen LogP contribution < -0.4 is 4.74 Å². The standard InChI is InChI=1S/C25H22N6O3/c32-31(33)24-11-7-20(8-12-24)28-29-21-9-13-25(14-10-21)34-19-30(17-22-5-1-3-15-26-22)18-23-6-2-4-16-27-23/h1-16H,17-19H2. The Morgan fingerprint density at radius 3 is 1.76 bits per heavy atom. The number of nitrogens with zero attached hydrogens (tertiary/aromatic N) is 6. The molecule has 0 saturated heterocycles. The summed E-state index contributed by atoms with van der Waals surface area (Å²) in [5.74, 6) is 0.696. The highest BCUT2D eigenvalue weighted by atomic mass is 16.6. The van der Waals surface area contributed by atoms with Gasteiger partial charge in [0.25, 0.3) is 5.69 Å². The molecule has 0 unspecified atom stereocenters. The first kappa shape index (κ1) is 22.7. The molecule has 9 nitrogen and oxygen atoms in total. The highest BCUT2D eigenvalue weighted by Gasteiger charge is 2.10. The molecule has 4 rings (SSSR count). The predicted octanol–water partition coefficient (Wildman–Crippen LogP) is 5.84. The van der Waals surface area contributed by atoms with Gasteiger partial charge in [-0.05, 0) is 60.7 Å². The molecular formula is C25H22N6O3. The van der Waals surface area contributed by atoms with Gasteiger partial charge >= 0.3 is 0 Å². The molecule has 0 aliphatic carbocycles. The van der Waals surface area contributed by atoms with Gasteiger partial charge in [-0.2, -0.15) is 10.2 Å². The number of rotatable bonds is 10. The third kappa shape index (κ3) is 6.75. The molecule has 0 N–H and O–H groups in total. The van der Waals surface area contributed by atoms with Crippen molar-refractivity contribution < 1.29 is 9.66 Å². The number of pyridine rings is 2. The smallest absolute Gasteiger partial charge is 0.269 e. The number of nitro groups is 1. The number of aromatic nitrogens is 2. The minimum absolute atomic E-state index is 0.0144. The summed E-state index contributed by atoms with van der Waals surface area (Å²) in [7, 11) is 0. The largest absolute Gasteiger partial charge is 0.478 e. The van der Waals surface area contributed by atoms with Crippen molar-refractivity contribution in [3.05, 3.63) is 119 Å². The summed E-state index contributed by atoms with van der Waals surface area (Å²) >= 11 is 0. The van der Waals surface area contributed by atoms with E-state index >= 15 is 0 Å². The maximum atomic E-state index is 10.7. The number of non-ortho nitro benzene ring substituents is 1. The lowest BCUT2D eigenvalue weighted by atomic mass is 10.3. The van der Waals surface area contributed by atoms with Crippen LogP contribution in [0.3, 0.4) is 0 Å². The fourth-order valence-electron chi connectivity index (χ4n) is 3.12. The Morgan fingerprint density at radius 2 is 1.29 bits per heavy atom. The molecule has 2 heterocycles. The van der Waals surface area contributed by atoms with Gasteiger partial charge in [-0.25, -0.2) is 0 Å². The average molecular weight is 454 g/mol. The van der Waals surface area contributed by atoms with Gasteiger partial charge in [-0.1, -0.05) is 12.1 Å². The first-order valence-corrected chi connectivity index (χ1v) is 10.6. The van der Waals surface area contributed by atoms with Crippen molar-refractivity contribution in [2.45, 2.75) is 13.1 Å². The van der Waals surface area contributed by atoms with Gasteiger partial charge in [0.05, 0.1) is 27.7 Å². The first-order chi connectivity index (χ1) is 16.7. The van der Waals surface area contributed by atoms with Crippen molar-refractivity contribution >= 4 is 17.1 Å². The molecule has 0 fully saturated rings. The molecule has 4 aromatic rings. The van der Waals surface area contributed by atoms with Crippen LogP contribution in [-0.2, 0) is 13.1 Å². The van der Waals surface area contributed by atoms with E-state index in [9.17, 15) is 10.1 Å². The van der Waals surface area contributed by atoms with E-state index in [0.29, 0.717) is 36.9 Å².